The first-order valence-electron chi connectivity index (χ1n) is 2.21. The van der Waals surface area contributed by atoms with Crippen molar-refractivity contribution in [2.24, 2.45) is 0 Å². The van der Waals surface area contributed by atoms with Crippen LogP contribution in [0.5, 0.6) is 0 Å². The fourth-order valence-electron chi connectivity index (χ4n) is 0. The second-order valence-corrected chi connectivity index (χ2v) is 1.05. The minimum absolute atomic E-state index is 0. The van der Waals surface area contributed by atoms with Gasteiger partial charge in [-0.15, -0.1) is 0 Å². The molecule has 4 nitrogen and oxygen atoms in total. The molecule has 1 radical (unpaired) electrons. The summed E-state index contributed by atoms with van der Waals surface area (Å²) >= 11 is 0. The number of carboxylic acid groups (broad SMARTS) is 2. The van der Waals surface area contributed by atoms with Crippen LogP contribution in [0.4, 0.5) is 0 Å². The molecule has 12 heavy (non-hydrogen) atoms. The molecule has 0 unspecified atom stereocenters. The molecule has 0 rings (SSSR count). The van der Waals surface area contributed by atoms with Gasteiger partial charge in [0.2, 0.25) is 0 Å². The van der Waals surface area contributed by atoms with Crippen LogP contribution in [-0.2, 0) is 26.4 Å². The normalized spacial score (nSPS) is 5.33. The SMILES string of the molecule is C=CC(=O)[O-].C=CC(=O)[O-].[Co+2].[H-].[Li+]. The van der Waals surface area contributed by atoms with Crippen LogP contribution in [0.3, 0.4) is 0 Å². The quantitative estimate of drug-likeness (QED) is 0.336. The van der Waals surface area contributed by atoms with Crippen LogP contribution in [-0.4, -0.2) is 11.9 Å². The Morgan fingerprint density at radius 3 is 1.17 bits per heavy atom. The van der Waals surface area contributed by atoms with Crippen molar-refractivity contribution in [2.75, 3.05) is 0 Å². The molecule has 0 amide bonds. The Bertz CT molecular complexity index is 145. The van der Waals surface area contributed by atoms with Gasteiger partial charge in [0.25, 0.3) is 0 Å². The van der Waals surface area contributed by atoms with E-state index < -0.39 is 11.9 Å². The molecular formula is C6H7CoLiO4. The van der Waals surface area contributed by atoms with Gasteiger partial charge < -0.3 is 21.2 Å². The average Bonchev–Trinajstić information content (AvgIpc) is 1.89. The second kappa shape index (κ2) is 16.9. The average molecular weight is 209 g/mol. The molecule has 0 atom stereocenters. The van der Waals surface area contributed by atoms with Crippen molar-refractivity contribution in [3.05, 3.63) is 25.3 Å². The van der Waals surface area contributed by atoms with Crippen LogP contribution in [0.2, 0.25) is 0 Å². The molecule has 0 N–H and O–H groups in total. The zero-order valence-corrected chi connectivity index (χ0v) is 7.58. The van der Waals surface area contributed by atoms with Crippen molar-refractivity contribution in [1.29, 1.82) is 0 Å². The first-order chi connectivity index (χ1) is 4.54. The number of carboxylic acids is 2. The molecule has 0 heterocycles. The van der Waals surface area contributed by atoms with Crippen molar-refractivity contribution in [2.45, 2.75) is 0 Å². The third-order valence-electron chi connectivity index (χ3n) is 0.333. The molecule has 0 aromatic rings. The van der Waals surface area contributed by atoms with Crippen molar-refractivity contribution >= 4 is 11.9 Å². The third-order valence-corrected chi connectivity index (χ3v) is 0.333. The number of rotatable bonds is 2. The Morgan fingerprint density at radius 2 is 1.17 bits per heavy atom. The van der Waals surface area contributed by atoms with E-state index in [-0.39, 0.29) is 37.1 Å². The van der Waals surface area contributed by atoms with Gasteiger partial charge in [0, 0.05) is 0 Å². The van der Waals surface area contributed by atoms with Crippen LogP contribution in [0, 0.1) is 0 Å². The molecule has 0 aliphatic heterocycles. The van der Waals surface area contributed by atoms with Crippen LogP contribution in [0.25, 0.3) is 0 Å². The summed E-state index contributed by atoms with van der Waals surface area (Å²) in [6.45, 7) is 5.80. The number of carbonyl (C=O) groups is 2. The molecule has 6 heteroatoms. The Labute approximate surface area is 94.2 Å². The summed E-state index contributed by atoms with van der Waals surface area (Å²) in [7, 11) is 0. The van der Waals surface area contributed by atoms with Gasteiger partial charge in [0.15, 0.2) is 0 Å². The van der Waals surface area contributed by atoms with Gasteiger partial charge in [-0.05, 0) is 12.2 Å². The van der Waals surface area contributed by atoms with Crippen molar-refractivity contribution in [3.8, 4) is 0 Å². The minimum Gasteiger partial charge on any atom is -1.00 e. The topological polar surface area (TPSA) is 80.3 Å². The number of hydrogen-bond acceptors (Lipinski definition) is 4. The van der Waals surface area contributed by atoms with Crippen LogP contribution >= 0.6 is 0 Å². The first-order valence-corrected chi connectivity index (χ1v) is 2.21. The molecule has 0 aromatic heterocycles. The largest absolute Gasteiger partial charge is 2.00 e. The second-order valence-electron chi connectivity index (χ2n) is 1.05. The van der Waals surface area contributed by atoms with Crippen molar-refractivity contribution in [1.82, 2.24) is 0 Å². The standard InChI is InChI=1S/2C3H4O2.Co.Li.H/c2*1-2-3(4)5;;;/h2*2H,1H2,(H,4,5);;;/q;;+2;+1;-1/p-2. The van der Waals surface area contributed by atoms with E-state index >= 15 is 0 Å². The summed E-state index contributed by atoms with van der Waals surface area (Å²) in [5.41, 5.74) is 0. The molecule has 0 bridgehead atoms. The fourth-order valence-corrected chi connectivity index (χ4v) is 0. The molecule has 0 aliphatic carbocycles. The van der Waals surface area contributed by atoms with E-state index in [9.17, 15) is 0 Å². The minimum atomic E-state index is -1.23. The number of hydrogen-bond donors (Lipinski definition) is 0. The van der Waals surface area contributed by atoms with Crippen LogP contribution in [0.1, 0.15) is 1.43 Å². The van der Waals surface area contributed by atoms with Crippen molar-refractivity contribution in [3.63, 3.8) is 0 Å². The van der Waals surface area contributed by atoms with E-state index in [1.54, 1.807) is 0 Å². The predicted molar refractivity (Wildman–Crippen MR) is 31.5 cm³/mol. The van der Waals surface area contributed by atoms with E-state index in [0.29, 0.717) is 0 Å². The molecular weight excluding hydrogens is 202 g/mol. The van der Waals surface area contributed by atoms with E-state index in [4.69, 9.17) is 19.8 Å². The summed E-state index contributed by atoms with van der Waals surface area (Å²) in [6, 6.07) is 0. The summed E-state index contributed by atoms with van der Waals surface area (Å²) in [5, 5.41) is 18.3. The third kappa shape index (κ3) is 55.7. The molecule has 0 saturated carbocycles. The predicted octanol–water partition coefficient (Wildman–Crippen LogP) is -5.04. The van der Waals surface area contributed by atoms with Gasteiger partial charge in [-0.3, -0.25) is 0 Å². The molecule has 0 saturated heterocycles. The van der Waals surface area contributed by atoms with E-state index in [2.05, 4.69) is 13.2 Å². The van der Waals surface area contributed by atoms with E-state index in [1.807, 2.05) is 0 Å². The maximum absolute atomic E-state index is 9.14. The van der Waals surface area contributed by atoms with Gasteiger partial charge in [-0.25, -0.2) is 0 Å². The zero-order chi connectivity index (χ0) is 8.57. The van der Waals surface area contributed by atoms with Gasteiger partial charge in [-0.1, -0.05) is 13.2 Å². The van der Waals surface area contributed by atoms with Crippen LogP contribution < -0.4 is 29.1 Å². The molecule has 0 aliphatic rings. The van der Waals surface area contributed by atoms with Gasteiger partial charge in [-0.2, -0.15) is 0 Å². The Balaban J connectivity index is -0.0000000267. The van der Waals surface area contributed by atoms with Gasteiger partial charge >= 0.3 is 35.6 Å². The first kappa shape index (κ1) is 22.5. The summed E-state index contributed by atoms with van der Waals surface area (Å²) in [6.07, 6.45) is 1.44. The smallest absolute Gasteiger partial charge is 1.00 e. The molecule has 0 spiro atoms. The number of aliphatic carboxylic acids is 2. The summed E-state index contributed by atoms with van der Waals surface area (Å²) in [4.78, 5) is 18.3. The van der Waals surface area contributed by atoms with E-state index in [1.165, 1.54) is 0 Å². The summed E-state index contributed by atoms with van der Waals surface area (Å²) in [5.74, 6) is -2.46. The fraction of sp³-hybridized carbons (Fsp3) is 0. The van der Waals surface area contributed by atoms with Gasteiger partial charge in [0.05, 0.1) is 11.9 Å². The Morgan fingerprint density at radius 1 is 1.08 bits per heavy atom. The van der Waals surface area contributed by atoms with E-state index in [0.717, 1.165) is 12.2 Å². The maximum atomic E-state index is 9.14. The molecule has 65 valence electrons. The van der Waals surface area contributed by atoms with Crippen molar-refractivity contribution < 1.29 is 56.9 Å². The van der Waals surface area contributed by atoms with Crippen LogP contribution in [0.15, 0.2) is 25.3 Å². The molecule has 0 aromatic carbocycles. The number of carbonyl (C=O) groups excluding carboxylic acids is 2. The maximum Gasteiger partial charge on any atom is 2.00 e. The van der Waals surface area contributed by atoms with Gasteiger partial charge in [0.1, 0.15) is 0 Å². The monoisotopic (exact) mass is 209 g/mol. The Hall–Kier alpha value is -0.476. The Kier molecular flexibility index (Phi) is 31.7. The summed E-state index contributed by atoms with van der Waals surface area (Å²) < 4.78 is 0. The zero-order valence-electron chi connectivity index (χ0n) is 7.54. The molecule has 0 fully saturated rings.